The van der Waals surface area contributed by atoms with Gasteiger partial charge in [0.25, 0.3) is 0 Å². The van der Waals surface area contributed by atoms with Crippen molar-refractivity contribution < 1.29 is 4.74 Å². The summed E-state index contributed by atoms with van der Waals surface area (Å²) in [6.45, 7) is 7.80. The summed E-state index contributed by atoms with van der Waals surface area (Å²) in [5.74, 6) is 0.654. The third-order valence-electron chi connectivity index (χ3n) is 3.92. The van der Waals surface area contributed by atoms with Crippen molar-refractivity contribution in [1.82, 2.24) is 9.88 Å². The van der Waals surface area contributed by atoms with Crippen molar-refractivity contribution in [2.75, 3.05) is 32.5 Å². The molecule has 2 N–H and O–H groups in total. The highest BCUT2D eigenvalue weighted by Gasteiger charge is 2.17. The van der Waals surface area contributed by atoms with E-state index >= 15 is 0 Å². The van der Waals surface area contributed by atoms with Gasteiger partial charge in [-0.05, 0) is 50.8 Å². The Bertz CT molecular complexity index is 428. The van der Waals surface area contributed by atoms with Gasteiger partial charge in [0, 0.05) is 31.6 Å². The highest BCUT2D eigenvalue weighted by atomic mass is 16.5. The maximum Gasteiger partial charge on any atom is 0.0593 e. The Morgan fingerprint density at radius 2 is 2.26 bits per heavy atom. The van der Waals surface area contributed by atoms with Gasteiger partial charge in [-0.15, -0.1) is 0 Å². The van der Waals surface area contributed by atoms with Gasteiger partial charge >= 0.3 is 0 Å². The third-order valence-corrected chi connectivity index (χ3v) is 3.92. The molecule has 0 saturated carbocycles. The van der Waals surface area contributed by atoms with Crippen molar-refractivity contribution >= 4 is 5.69 Å². The Morgan fingerprint density at radius 3 is 2.95 bits per heavy atom. The van der Waals surface area contributed by atoms with Gasteiger partial charge in [-0.1, -0.05) is 0 Å². The summed E-state index contributed by atoms with van der Waals surface area (Å²) in [5.41, 5.74) is 10.2. The van der Waals surface area contributed by atoms with E-state index in [1.807, 2.05) is 13.1 Å². The number of pyridine rings is 1. The maximum absolute atomic E-state index is 6.06. The van der Waals surface area contributed by atoms with E-state index in [0.29, 0.717) is 5.92 Å². The molecule has 1 aromatic heterocycles. The number of nitrogens with two attached hydrogens (primary N) is 1. The fourth-order valence-electron chi connectivity index (χ4n) is 2.66. The Balaban J connectivity index is 1.94. The van der Waals surface area contributed by atoms with E-state index in [9.17, 15) is 0 Å². The van der Waals surface area contributed by atoms with Crippen LogP contribution in [0, 0.1) is 19.8 Å². The molecule has 0 aromatic carbocycles. The van der Waals surface area contributed by atoms with Crippen LogP contribution >= 0.6 is 0 Å². The quantitative estimate of drug-likeness (QED) is 0.904. The zero-order valence-electron chi connectivity index (χ0n) is 12.3. The lowest BCUT2D eigenvalue weighted by Crippen LogP contribution is -2.31. The first-order valence-electron chi connectivity index (χ1n) is 7.04. The average Bonchev–Trinajstić information content (AvgIpc) is 2.41. The number of nitrogens with zero attached hydrogens (tertiary/aromatic N) is 2. The lowest BCUT2D eigenvalue weighted by Gasteiger charge is -2.27. The van der Waals surface area contributed by atoms with Crippen molar-refractivity contribution in [2.24, 2.45) is 5.92 Å². The van der Waals surface area contributed by atoms with E-state index in [1.54, 1.807) is 0 Å². The minimum atomic E-state index is 0.654. The first kappa shape index (κ1) is 14.3. The van der Waals surface area contributed by atoms with Gasteiger partial charge in [0.15, 0.2) is 0 Å². The summed E-state index contributed by atoms with van der Waals surface area (Å²) in [4.78, 5) is 6.84. The molecule has 4 nitrogen and oxygen atoms in total. The maximum atomic E-state index is 6.06. The van der Waals surface area contributed by atoms with Crippen molar-refractivity contribution in [2.45, 2.75) is 33.2 Å². The first-order valence-corrected chi connectivity index (χ1v) is 7.04. The minimum Gasteiger partial charge on any atom is -0.398 e. The van der Waals surface area contributed by atoms with Crippen LogP contribution in [0.25, 0.3) is 0 Å². The predicted molar refractivity (Wildman–Crippen MR) is 78.0 cm³/mol. The van der Waals surface area contributed by atoms with Crippen molar-refractivity contribution in [3.63, 3.8) is 0 Å². The molecule has 2 heterocycles. The molecule has 0 bridgehead atoms. The third kappa shape index (κ3) is 3.67. The summed E-state index contributed by atoms with van der Waals surface area (Å²) >= 11 is 0. The molecule has 106 valence electrons. The van der Waals surface area contributed by atoms with Crippen LogP contribution in [0.5, 0.6) is 0 Å². The summed E-state index contributed by atoms with van der Waals surface area (Å²) in [7, 11) is 2.14. The van der Waals surface area contributed by atoms with E-state index in [1.165, 1.54) is 12.8 Å². The fraction of sp³-hybridized carbons (Fsp3) is 0.667. The lowest BCUT2D eigenvalue weighted by molar-refractivity contribution is 0.0410. The topological polar surface area (TPSA) is 51.4 Å². The van der Waals surface area contributed by atoms with Gasteiger partial charge in [0.05, 0.1) is 12.3 Å². The van der Waals surface area contributed by atoms with Crippen molar-refractivity contribution in [3.05, 3.63) is 23.0 Å². The highest BCUT2D eigenvalue weighted by molar-refractivity contribution is 5.53. The molecule has 0 amide bonds. The minimum absolute atomic E-state index is 0.654. The van der Waals surface area contributed by atoms with E-state index in [-0.39, 0.29) is 0 Å². The van der Waals surface area contributed by atoms with Gasteiger partial charge in [0.1, 0.15) is 0 Å². The molecule has 19 heavy (non-hydrogen) atoms. The fourth-order valence-corrected chi connectivity index (χ4v) is 2.66. The van der Waals surface area contributed by atoms with Crippen LogP contribution < -0.4 is 5.73 Å². The number of rotatable bonds is 4. The molecule has 4 heteroatoms. The van der Waals surface area contributed by atoms with Crippen LogP contribution in [0.3, 0.4) is 0 Å². The predicted octanol–water partition coefficient (Wildman–Crippen LogP) is 2.14. The van der Waals surface area contributed by atoms with Gasteiger partial charge in [-0.3, -0.25) is 4.98 Å². The molecular formula is C15H25N3O. The second-order valence-electron chi connectivity index (χ2n) is 5.71. The van der Waals surface area contributed by atoms with Crippen LogP contribution in [-0.2, 0) is 11.3 Å². The molecule has 1 aliphatic heterocycles. The number of hydrogen-bond acceptors (Lipinski definition) is 4. The van der Waals surface area contributed by atoms with Crippen molar-refractivity contribution in [1.29, 1.82) is 0 Å². The van der Waals surface area contributed by atoms with E-state index in [2.05, 4.69) is 23.9 Å². The molecule has 1 aromatic rings. The molecule has 1 unspecified atom stereocenters. The molecule has 0 aliphatic carbocycles. The average molecular weight is 263 g/mol. The first-order chi connectivity index (χ1) is 9.08. The monoisotopic (exact) mass is 263 g/mol. The molecule has 1 aliphatic rings. The van der Waals surface area contributed by atoms with E-state index < -0.39 is 0 Å². The molecule has 0 spiro atoms. The Labute approximate surface area is 116 Å². The zero-order valence-corrected chi connectivity index (χ0v) is 12.3. The standard InChI is InChI=1S/C15H25N3O/c1-11-7-17-14(12(2)15(11)16)9-18(3)8-13-5-4-6-19-10-13/h7,13H,4-6,8-10H2,1-3H3,(H2,16,17). The van der Waals surface area contributed by atoms with E-state index in [0.717, 1.165) is 48.8 Å². The Kier molecular flexibility index (Phi) is 4.77. The van der Waals surface area contributed by atoms with Crippen molar-refractivity contribution in [3.8, 4) is 0 Å². The van der Waals surface area contributed by atoms with Crippen LogP contribution in [0.4, 0.5) is 5.69 Å². The normalized spacial score (nSPS) is 19.9. The summed E-state index contributed by atoms with van der Waals surface area (Å²) in [6, 6.07) is 0. The number of nitrogen functional groups attached to an aromatic ring is 1. The number of ether oxygens (including phenoxy) is 1. The molecule has 1 atom stereocenters. The van der Waals surface area contributed by atoms with E-state index in [4.69, 9.17) is 10.5 Å². The second-order valence-corrected chi connectivity index (χ2v) is 5.71. The summed E-state index contributed by atoms with van der Waals surface area (Å²) < 4.78 is 5.53. The van der Waals surface area contributed by atoms with Crippen LogP contribution in [0.2, 0.25) is 0 Å². The second kappa shape index (κ2) is 6.35. The summed E-state index contributed by atoms with van der Waals surface area (Å²) in [5, 5.41) is 0. The molecule has 0 radical (unpaired) electrons. The highest BCUT2D eigenvalue weighted by Crippen LogP contribution is 2.20. The van der Waals surface area contributed by atoms with Gasteiger partial charge in [0.2, 0.25) is 0 Å². The van der Waals surface area contributed by atoms with Gasteiger partial charge in [-0.2, -0.15) is 0 Å². The lowest BCUT2D eigenvalue weighted by atomic mass is 10.0. The SMILES string of the molecule is Cc1cnc(CN(C)CC2CCCOC2)c(C)c1N. The molecule has 1 saturated heterocycles. The summed E-state index contributed by atoms with van der Waals surface area (Å²) in [6.07, 6.45) is 4.33. The number of anilines is 1. The van der Waals surface area contributed by atoms with Gasteiger partial charge in [-0.25, -0.2) is 0 Å². The van der Waals surface area contributed by atoms with Crippen LogP contribution in [0.15, 0.2) is 6.20 Å². The zero-order chi connectivity index (χ0) is 13.8. The van der Waals surface area contributed by atoms with Gasteiger partial charge < -0.3 is 15.4 Å². The Hall–Kier alpha value is -1.13. The number of hydrogen-bond donors (Lipinski definition) is 1. The number of aromatic nitrogens is 1. The molecule has 1 fully saturated rings. The Morgan fingerprint density at radius 1 is 1.47 bits per heavy atom. The smallest absolute Gasteiger partial charge is 0.0593 e. The van der Waals surface area contributed by atoms with Crippen LogP contribution in [-0.4, -0.2) is 36.7 Å². The van der Waals surface area contributed by atoms with Crippen LogP contribution in [0.1, 0.15) is 29.7 Å². The largest absolute Gasteiger partial charge is 0.398 e. The molecule has 2 rings (SSSR count). The number of aryl methyl sites for hydroxylation is 1. The molecular weight excluding hydrogens is 238 g/mol.